The number of carbonyl (C=O) groups excluding carboxylic acids is 1. The van der Waals surface area contributed by atoms with E-state index in [0.717, 1.165) is 54.4 Å². The number of thioether (sulfide) groups is 1. The van der Waals surface area contributed by atoms with E-state index in [0.29, 0.717) is 6.42 Å². The normalized spacial score (nSPS) is 16.5. The van der Waals surface area contributed by atoms with Gasteiger partial charge >= 0.3 is 0 Å². The minimum absolute atomic E-state index is 0.109. The first-order chi connectivity index (χ1) is 14.1. The Balaban J connectivity index is 1.47. The van der Waals surface area contributed by atoms with Gasteiger partial charge in [0, 0.05) is 54.9 Å². The van der Waals surface area contributed by atoms with Gasteiger partial charge in [-0.05, 0) is 57.5 Å². The molecule has 162 valence electrons. The highest BCUT2D eigenvalue weighted by Gasteiger charge is 2.28. The molecule has 0 saturated carbocycles. The van der Waals surface area contributed by atoms with Crippen LogP contribution in [0.15, 0.2) is 30.5 Å². The van der Waals surface area contributed by atoms with Crippen molar-refractivity contribution in [2.45, 2.75) is 45.7 Å². The van der Waals surface area contributed by atoms with E-state index in [1.165, 1.54) is 0 Å². The van der Waals surface area contributed by atoms with Crippen LogP contribution in [0.2, 0.25) is 0 Å². The third-order valence-electron chi connectivity index (χ3n) is 5.50. The van der Waals surface area contributed by atoms with Crippen LogP contribution >= 0.6 is 11.8 Å². The average molecular weight is 429 g/mol. The Hall–Kier alpha value is -2.32. The number of nitrogens with one attached hydrogen (secondary N) is 4. The van der Waals surface area contributed by atoms with E-state index in [2.05, 4.69) is 42.0 Å². The summed E-state index contributed by atoms with van der Waals surface area (Å²) >= 11 is 0.931. The number of amidine groups is 1. The molecule has 1 fully saturated rings. The minimum Gasteiger partial charge on any atom is -0.361 e. The maximum Gasteiger partial charge on any atom is 0.276 e. The molecule has 4 N–H and O–H groups in total. The molecule has 2 heterocycles. The number of nitrogens with zero attached hydrogens (tertiary/aromatic N) is 2. The second-order valence-corrected chi connectivity index (χ2v) is 9.82. The molecule has 0 radical (unpaired) electrons. The summed E-state index contributed by atoms with van der Waals surface area (Å²) in [7, 11) is 0. The van der Waals surface area contributed by atoms with Crippen LogP contribution in [-0.4, -0.2) is 68.7 Å². The van der Waals surface area contributed by atoms with Crippen molar-refractivity contribution in [3.8, 4) is 0 Å². The lowest BCUT2D eigenvalue weighted by atomic mass is 10.1. The van der Waals surface area contributed by atoms with E-state index in [1.807, 2.05) is 36.2 Å². The molecule has 0 spiro atoms. The van der Waals surface area contributed by atoms with Gasteiger partial charge in [0.25, 0.3) is 5.91 Å². The van der Waals surface area contributed by atoms with Gasteiger partial charge in [-0.15, -0.1) is 0 Å². The van der Waals surface area contributed by atoms with Gasteiger partial charge in [-0.25, -0.2) is 0 Å². The molecule has 7 nitrogen and oxygen atoms in total. The van der Waals surface area contributed by atoms with Crippen LogP contribution in [-0.2, 0) is 11.2 Å². The number of rotatable bonds is 3. The molecule has 1 aromatic carbocycles. The first-order valence-electron chi connectivity index (χ1n) is 10.4. The van der Waals surface area contributed by atoms with Crippen molar-refractivity contribution in [3.63, 3.8) is 0 Å². The summed E-state index contributed by atoms with van der Waals surface area (Å²) in [5.41, 5.74) is 2.34. The molecular weight excluding hydrogens is 396 g/mol. The highest BCUT2D eigenvalue weighted by Crippen LogP contribution is 2.20. The zero-order valence-electron chi connectivity index (χ0n) is 18.2. The van der Waals surface area contributed by atoms with Crippen molar-refractivity contribution in [3.05, 3.63) is 36.0 Å². The summed E-state index contributed by atoms with van der Waals surface area (Å²) < 4.78 is 0. The number of carbonyl (C=O) groups is 1. The topological polar surface area (TPSA) is 99.1 Å². The quantitative estimate of drug-likeness (QED) is 0.445. The molecule has 1 aliphatic rings. The number of piperazine rings is 1. The average Bonchev–Trinajstić information content (AvgIpc) is 3.10. The Kier molecular flexibility index (Phi) is 6.88. The van der Waals surface area contributed by atoms with E-state index in [1.54, 1.807) is 0 Å². The van der Waals surface area contributed by atoms with Gasteiger partial charge in [-0.1, -0.05) is 18.2 Å². The Morgan fingerprint density at radius 1 is 1.20 bits per heavy atom. The van der Waals surface area contributed by atoms with Crippen molar-refractivity contribution in [2.75, 3.05) is 26.2 Å². The standard InChI is InChI=1S/C22H32N6OS/c1-15(13-16-14-25-18-8-6-5-7-17(16)18)26-20(29)19(23)30-21(24)27-9-11-28(12-10-27)22(2,3)4/h5-8,14-15,23-25H,9-13H2,1-4H3,(H,26,29). The number of amides is 1. The van der Waals surface area contributed by atoms with E-state index in [4.69, 9.17) is 10.8 Å². The summed E-state index contributed by atoms with van der Waals surface area (Å²) in [6, 6.07) is 7.98. The number of fused-ring (bicyclic) bond motifs is 1. The number of aromatic amines is 1. The second-order valence-electron chi connectivity index (χ2n) is 8.82. The van der Waals surface area contributed by atoms with Crippen LogP contribution in [0.25, 0.3) is 10.9 Å². The predicted molar refractivity (Wildman–Crippen MR) is 126 cm³/mol. The second kappa shape index (κ2) is 9.22. The van der Waals surface area contributed by atoms with Crippen LogP contribution in [0.3, 0.4) is 0 Å². The van der Waals surface area contributed by atoms with Crippen molar-refractivity contribution in [1.29, 1.82) is 10.8 Å². The number of hydrogen-bond donors (Lipinski definition) is 4. The Bertz CT molecular complexity index is 923. The predicted octanol–water partition coefficient (Wildman–Crippen LogP) is 3.28. The highest BCUT2D eigenvalue weighted by atomic mass is 32.2. The molecule has 1 amide bonds. The molecule has 1 atom stereocenters. The summed E-state index contributed by atoms with van der Waals surface area (Å²) in [5.74, 6) is -0.426. The molecule has 1 aromatic heterocycles. The van der Waals surface area contributed by atoms with Gasteiger partial charge in [-0.3, -0.25) is 20.5 Å². The monoisotopic (exact) mass is 428 g/mol. The molecule has 0 bridgehead atoms. The number of hydrogen-bond acceptors (Lipinski definition) is 5. The van der Waals surface area contributed by atoms with E-state index < -0.39 is 5.91 Å². The fraction of sp³-hybridized carbons (Fsp3) is 0.500. The molecular formula is C22H32N6OS. The van der Waals surface area contributed by atoms with Crippen molar-refractivity contribution in [1.82, 2.24) is 20.1 Å². The number of H-pyrrole nitrogens is 1. The SMILES string of the molecule is CC(Cc1c[nH]c2ccccc12)NC(=O)C(=N)SC(=N)N1CCN(C(C)(C)C)CC1. The summed E-state index contributed by atoms with van der Waals surface area (Å²) in [4.78, 5) is 20.1. The van der Waals surface area contributed by atoms with Crippen molar-refractivity contribution in [2.24, 2.45) is 0 Å². The first kappa shape index (κ1) is 22.4. The van der Waals surface area contributed by atoms with Crippen LogP contribution < -0.4 is 5.32 Å². The number of benzene rings is 1. The van der Waals surface area contributed by atoms with E-state index in [9.17, 15) is 4.79 Å². The summed E-state index contributed by atoms with van der Waals surface area (Å²) in [6.07, 6.45) is 2.65. The van der Waals surface area contributed by atoms with Gasteiger partial charge in [0.15, 0.2) is 10.2 Å². The lowest BCUT2D eigenvalue weighted by Gasteiger charge is -2.42. The highest BCUT2D eigenvalue weighted by molar-refractivity contribution is 8.27. The smallest absolute Gasteiger partial charge is 0.276 e. The molecule has 30 heavy (non-hydrogen) atoms. The van der Waals surface area contributed by atoms with Gasteiger partial charge in [-0.2, -0.15) is 0 Å². The van der Waals surface area contributed by atoms with Crippen molar-refractivity contribution >= 4 is 38.8 Å². The van der Waals surface area contributed by atoms with Crippen LogP contribution in [0.1, 0.15) is 33.3 Å². The van der Waals surface area contributed by atoms with Crippen LogP contribution in [0.4, 0.5) is 0 Å². The maximum absolute atomic E-state index is 12.5. The largest absolute Gasteiger partial charge is 0.361 e. The molecule has 1 unspecified atom stereocenters. The van der Waals surface area contributed by atoms with E-state index in [-0.39, 0.29) is 21.8 Å². The third kappa shape index (κ3) is 5.43. The Morgan fingerprint density at radius 2 is 1.87 bits per heavy atom. The molecule has 0 aliphatic carbocycles. The summed E-state index contributed by atoms with van der Waals surface area (Å²) in [6.45, 7) is 11.8. The fourth-order valence-electron chi connectivity index (χ4n) is 3.76. The van der Waals surface area contributed by atoms with Gasteiger partial charge in [0.05, 0.1) is 0 Å². The Labute approximate surface area is 182 Å². The summed E-state index contributed by atoms with van der Waals surface area (Å²) in [5, 5.41) is 20.6. The third-order valence-corrected chi connectivity index (χ3v) is 6.34. The molecule has 1 saturated heterocycles. The zero-order chi connectivity index (χ0) is 21.9. The minimum atomic E-state index is -0.426. The first-order valence-corrected chi connectivity index (χ1v) is 11.2. The van der Waals surface area contributed by atoms with Gasteiger partial charge in [0.2, 0.25) is 0 Å². The molecule has 3 rings (SSSR count). The Morgan fingerprint density at radius 3 is 2.53 bits per heavy atom. The molecule has 8 heteroatoms. The van der Waals surface area contributed by atoms with Crippen molar-refractivity contribution < 1.29 is 4.79 Å². The van der Waals surface area contributed by atoms with Gasteiger partial charge in [0.1, 0.15) is 0 Å². The van der Waals surface area contributed by atoms with Gasteiger partial charge < -0.3 is 15.2 Å². The number of aromatic nitrogens is 1. The van der Waals surface area contributed by atoms with Crippen LogP contribution in [0.5, 0.6) is 0 Å². The van der Waals surface area contributed by atoms with Crippen LogP contribution in [0, 0.1) is 10.8 Å². The number of para-hydroxylation sites is 1. The van der Waals surface area contributed by atoms with E-state index >= 15 is 0 Å². The lowest BCUT2D eigenvalue weighted by molar-refractivity contribution is -0.115. The lowest BCUT2D eigenvalue weighted by Crippen LogP contribution is -2.54. The zero-order valence-corrected chi connectivity index (χ0v) is 19.0. The maximum atomic E-state index is 12.5. The molecule has 2 aromatic rings. The fourth-order valence-corrected chi connectivity index (χ4v) is 4.42. The molecule has 1 aliphatic heterocycles.